The molecule has 0 bridgehead atoms. The Balaban J connectivity index is 2.16. The zero-order chi connectivity index (χ0) is 18.8. The summed E-state index contributed by atoms with van der Waals surface area (Å²) < 4.78 is 38.4. The lowest BCUT2D eigenvalue weighted by molar-refractivity contribution is -0.138. The molecule has 0 radical (unpaired) electrons. The van der Waals surface area contributed by atoms with E-state index in [0.29, 0.717) is 5.56 Å². The van der Waals surface area contributed by atoms with Gasteiger partial charge in [-0.15, -0.1) is 0 Å². The average molecular weight is 410 g/mol. The van der Waals surface area contributed by atoms with Crippen molar-refractivity contribution in [2.24, 2.45) is 0 Å². The molecule has 1 aromatic rings. The number of carboxylic acid groups (broad SMARTS) is 1. The predicted octanol–water partition coefficient (Wildman–Crippen LogP) is 4.42. The monoisotopic (exact) mass is 409 g/mol. The topological polar surface area (TPSA) is 57.6 Å². The van der Waals surface area contributed by atoms with Gasteiger partial charge in [-0.2, -0.15) is 13.2 Å². The number of hydrogen-bond acceptors (Lipinski definition) is 4. The molecule has 0 aromatic heterocycles. The Bertz CT molecular complexity index is 765. The Morgan fingerprint density at radius 3 is 2.64 bits per heavy atom. The molecule has 1 aromatic carbocycles. The van der Waals surface area contributed by atoms with Crippen molar-refractivity contribution < 1.29 is 27.9 Å². The average Bonchev–Trinajstić information content (AvgIpc) is 2.73. The molecule has 10 heteroatoms. The largest absolute Gasteiger partial charge is 0.481 e. The van der Waals surface area contributed by atoms with Gasteiger partial charge in [0.2, 0.25) is 0 Å². The van der Waals surface area contributed by atoms with Crippen LogP contribution in [0.3, 0.4) is 0 Å². The molecule has 1 heterocycles. The van der Waals surface area contributed by atoms with Crippen LogP contribution in [0.25, 0.3) is 6.08 Å². The lowest BCUT2D eigenvalue weighted by atomic mass is 10.1. The van der Waals surface area contributed by atoms with Gasteiger partial charge in [-0.25, -0.2) is 0 Å². The number of benzene rings is 1. The van der Waals surface area contributed by atoms with Crippen molar-refractivity contribution in [2.45, 2.75) is 19.0 Å². The summed E-state index contributed by atoms with van der Waals surface area (Å²) >= 11 is 11.8. The number of hydrogen-bond donors (Lipinski definition) is 1. The third-order valence-electron chi connectivity index (χ3n) is 3.24. The number of carboxylic acids is 1. The van der Waals surface area contributed by atoms with Crippen LogP contribution in [0.1, 0.15) is 24.0 Å². The quantitative estimate of drug-likeness (QED) is 0.576. The van der Waals surface area contributed by atoms with E-state index in [1.54, 1.807) is 0 Å². The van der Waals surface area contributed by atoms with Crippen molar-refractivity contribution in [3.63, 3.8) is 0 Å². The molecule has 1 N–H and O–H groups in total. The van der Waals surface area contributed by atoms with Gasteiger partial charge in [0.05, 0.1) is 15.5 Å². The minimum absolute atomic E-state index is 0.0926. The smallest absolute Gasteiger partial charge is 0.417 e. The summed E-state index contributed by atoms with van der Waals surface area (Å²) in [6.45, 7) is 0.169. The number of thioether (sulfide) groups is 1. The molecule has 1 amide bonds. The molecule has 0 aliphatic carbocycles. The van der Waals surface area contributed by atoms with E-state index in [2.05, 4.69) is 0 Å². The lowest BCUT2D eigenvalue weighted by Crippen LogP contribution is -2.29. The standard InChI is InChI=1S/C15H11ClF3NO3S2/c16-10-6-8(3-4-9(10)15(17,18)19)7-11-13(23)20(14(24)25-11)5-1-2-12(21)22/h3-4,6-7H,1-2,5H2,(H,21,22)/b11-7-. The minimum atomic E-state index is -4.55. The summed E-state index contributed by atoms with van der Waals surface area (Å²) in [5.74, 6) is -1.38. The maximum Gasteiger partial charge on any atom is 0.417 e. The molecule has 1 fully saturated rings. The highest BCUT2D eigenvalue weighted by atomic mass is 35.5. The van der Waals surface area contributed by atoms with E-state index in [-0.39, 0.29) is 28.6 Å². The maximum absolute atomic E-state index is 12.7. The molecule has 0 atom stereocenters. The number of carbonyl (C=O) groups excluding carboxylic acids is 1. The number of nitrogens with zero attached hydrogens (tertiary/aromatic N) is 1. The van der Waals surface area contributed by atoms with E-state index in [1.807, 2.05) is 0 Å². The van der Waals surface area contributed by atoms with E-state index in [1.165, 1.54) is 17.0 Å². The highest BCUT2D eigenvalue weighted by Gasteiger charge is 2.34. The molecular formula is C15H11ClF3NO3S2. The lowest BCUT2D eigenvalue weighted by Gasteiger charge is -2.13. The fourth-order valence-corrected chi connectivity index (χ4v) is 3.69. The number of rotatable bonds is 5. The fraction of sp³-hybridized carbons (Fsp3) is 0.267. The molecular weight excluding hydrogens is 399 g/mol. The van der Waals surface area contributed by atoms with Crippen LogP contribution < -0.4 is 0 Å². The second-order valence-corrected chi connectivity index (χ2v) is 7.15. The Hall–Kier alpha value is -1.58. The number of halogens is 4. The van der Waals surface area contributed by atoms with E-state index in [4.69, 9.17) is 28.9 Å². The van der Waals surface area contributed by atoms with Crippen molar-refractivity contribution in [3.05, 3.63) is 39.3 Å². The summed E-state index contributed by atoms with van der Waals surface area (Å²) in [4.78, 5) is 24.3. The first-order valence-corrected chi connectivity index (χ1v) is 8.54. The van der Waals surface area contributed by atoms with Crippen LogP contribution in [0.15, 0.2) is 23.1 Å². The molecule has 1 aliphatic rings. The van der Waals surface area contributed by atoms with Gasteiger partial charge >= 0.3 is 12.1 Å². The van der Waals surface area contributed by atoms with E-state index >= 15 is 0 Å². The first kappa shape index (κ1) is 19.7. The van der Waals surface area contributed by atoms with Gasteiger partial charge in [0.25, 0.3) is 5.91 Å². The Labute approximate surface area is 155 Å². The Kier molecular flexibility index (Phi) is 6.12. The summed E-state index contributed by atoms with van der Waals surface area (Å²) in [7, 11) is 0. The summed E-state index contributed by atoms with van der Waals surface area (Å²) in [5.41, 5.74) is -0.614. The van der Waals surface area contributed by atoms with Gasteiger partial charge in [0, 0.05) is 13.0 Å². The fourth-order valence-electron chi connectivity index (χ4n) is 2.08. The SMILES string of the molecule is O=C(O)CCCN1C(=O)/C(=C/c2ccc(C(F)(F)F)c(Cl)c2)SC1=S. The number of alkyl halides is 3. The van der Waals surface area contributed by atoms with Crippen LogP contribution in [0.4, 0.5) is 13.2 Å². The van der Waals surface area contributed by atoms with Gasteiger partial charge in [0.15, 0.2) is 0 Å². The number of carbonyl (C=O) groups is 2. The van der Waals surface area contributed by atoms with E-state index in [9.17, 15) is 22.8 Å². The number of amides is 1. The van der Waals surface area contributed by atoms with Gasteiger partial charge < -0.3 is 5.11 Å². The van der Waals surface area contributed by atoms with Gasteiger partial charge in [-0.1, -0.05) is 41.6 Å². The van der Waals surface area contributed by atoms with Crippen molar-refractivity contribution in [2.75, 3.05) is 6.54 Å². The molecule has 0 saturated carbocycles. The van der Waals surface area contributed by atoms with Crippen molar-refractivity contribution in [1.29, 1.82) is 0 Å². The Morgan fingerprint density at radius 2 is 2.08 bits per heavy atom. The summed E-state index contributed by atoms with van der Waals surface area (Å²) in [6.07, 6.45) is -2.99. The van der Waals surface area contributed by atoms with Crippen LogP contribution in [0, 0.1) is 0 Å². The van der Waals surface area contributed by atoms with Gasteiger partial charge in [-0.3, -0.25) is 14.5 Å². The number of thiocarbonyl (C=S) groups is 1. The van der Waals surface area contributed by atoms with Crippen LogP contribution in [-0.2, 0) is 15.8 Å². The maximum atomic E-state index is 12.7. The van der Waals surface area contributed by atoms with Crippen molar-refractivity contribution >= 4 is 57.9 Å². The van der Waals surface area contributed by atoms with Crippen molar-refractivity contribution in [1.82, 2.24) is 4.90 Å². The summed E-state index contributed by atoms with van der Waals surface area (Å²) in [5, 5.41) is 8.17. The van der Waals surface area contributed by atoms with Crippen LogP contribution in [0.2, 0.25) is 5.02 Å². The molecule has 2 rings (SSSR count). The normalized spacial score (nSPS) is 16.8. The van der Waals surface area contributed by atoms with E-state index < -0.39 is 28.6 Å². The number of aliphatic carboxylic acids is 1. The summed E-state index contributed by atoms with van der Waals surface area (Å²) in [6, 6.07) is 3.19. The zero-order valence-electron chi connectivity index (χ0n) is 12.5. The highest BCUT2D eigenvalue weighted by Crippen LogP contribution is 2.37. The molecule has 1 saturated heterocycles. The molecule has 1 aliphatic heterocycles. The molecule has 25 heavy (non-hydrogen) atoms. The van der Waals surface area contributed by atoms with Crippen LogP contribution in [0.5, 0.6) is 0 Å². The molecule has 4 nitrogen and oxygen atoms in total. The Morgan fingerprint density at radius 1 is 1.40 bits per heavy atom. The van der Waals surface area contributed by atoms with Crippen LogP contribution >= 0.6 is 35.6 Å². The third-order valence-corrected chi connectivity index (χ3v) is 4.93. The predicted molar refractivity (Wildman–Crippen MR) is 93.2 cm³/mol. The van der Waals surface area contributed by atoms with E-state index in [0.717, 1.165) is 23.9 Å². The zero-order valence-corrected chi connectivity index (χ0v) is 14.9. The molecule has 0 unspecified atom stereocenters. The highest BCUT2D eigenvalue weighted by molar-refractivity contribution is 8.26. The first-order valence-electron chi connectivity index (χ1n) is 6.93. The molecule has 0 spiro atoms. The van der Waals surface area contributed by atoms with Gasteiger partial charge in [-0.05, 0) is 30.2 Å². The van der Waals surface area contributed by atoms with Crippen LogP contribution in [-0.4, -0.2) is 32.7 Å². The second kappa shape index (κ2) is 7.76. The van der Waals surface area contributed by atoms with Crippen molar-refractivity contribution in [3.8, 4) is 0 Å². The third kappa shape index (κ3) is 4.96. The second-order valence-electron chi connectivity index (χ2n) is 5.07. The first-order chi connectivity index (χ1) is 11.6. The molecule has 134 valence electrons. The van der Waals surface area contributed by atoms with Gasteiger partial charge in [0.1, 0.15) is 4.32 Å². The minimum Gasteiger partial charge on any atom is -0.481 e.